The summed E-state index contributed by atoms with van der Waals surface area (Å²) in [5.74, 6) is -0.475. The number of esters is 1. The van der Waals surface area contributed by atoms with Gasteiger partial charge in [-0.1, -0.05) is 0 Å². The van der Waals surface area contributed by atoms with E-state index < -0.39 is 5.97 Å². The molecule has 2 heterocycles. The molecule has 1 aliphatic heterocycles. The van der Waals surface area contributed by atoms with E-state index in [1.807, 2.05) is 0 Å². The topological polar surface area (TPSA) is 75.0 Å². The van der Waals surface area contributed by atoms with E-state index in [2.05, 4.69) is 16.4 Å². The number of hydrogen-bond acceptors (Lipinski definition) is 5. The number of nitrogens with one attached hydrogen (secondary N) is 1. The van der Waals surface area contributed by atoms with Crippen molar-refractivity contribution >= 4 is 5.97 Å². The lowest BCUT2D eigenvalue weighted by atomic mass is 10.00. The molecule has 0 radical (unpaired) electrons. The second-order valence-corrected chi connectivity index (χ2v) is 3.74. The minimum atomic E-state index is -0.475. The van der Waals surface area contributed by atoms with E-state index in [4.69, 9.17) is 10.00 Å². The Balaban J connectivity index is 2.43. The summed E-state index contributed by atoms with van der Waals surface area (Å²) in [6.07, 6.45) is 0.772. The molecular weight excluding hydrogens is 218 g/mol. The van der Waals surface area contributed by atoms with Crippen LogP contribution in [0, 0.1) is 11.3 Å². The normalized spacial score (nSPS) is 13.6. The Kier molecular flexibility index (Phi) is 3.35. The van der Waals surface area contributed by atoms with Gasteiger partial charge in [-0.3, -0.25) is 0 Å². The SMILES string of the molecule is CCOC(=O)c1cc(C#N)c2c(n1)CNCC2. The molecule has 0 aromatic carbocycles. The summed E-state index contributed by atoms with van der Waals surface area (Å²) < 4.78 is 4.89. The van der Waals surface area contributed by atoms with Crippen LogP contribution >= 0.6 is 0 Å². The van der Waals surface area contributed by atoms with Crippen molar-refractivity contribution in [1.29, 1.82) is 5.26 Å². The Hall–Kier alpha value is -1.93. The van der Waals surface area contributed by atoms with E-state index in [-0.39, 0.29) is 5.69 Å². The zero-order valence-corrected chi connectivity index (χ0v) is 9.62. The molecule has 0 spiro atoms. The number of ether oxygens (including phenoxy) is 1. The van der Waals surface area contributed by atoms with Crippen molar-refractivity contribution in [3.63, 3.8) is 0 Å². The first-order valence-corrected chi connectivity index (χ1v) is 5.57. The second kappa shape index (κ2) is 4.93. The highest BCUT2D eigenvalue weighted by molar-refractivity contribution is 5.87. The molecule has 0 bridgehead atoms. The van der Waals surface area contributed by atoms with Gasteiger partial charge in [0.05, 0.1) is 23.9 Å². The number of aromatic nitrogens is 1. The van der Waals surface area contributed by atoms with Crippen LogP contribution in [0.1, 0.15) is 34.2 Å². The predicted molar refractivity (Wildman–Crippen MR) is 60.3 cm³/mol. The van der Waals surface area contributed by atoms with Crippen LogP contribution in [0.2, 0.25) is 0 Å². The lowest BCUT2D eigenvalue weighted by Crippen LogP contribution is -2.26. The highest BCUT2D eigenvalue weighted by Gasteiger charge is 2.19. The smallest absolute Gasteiger partial charge is 0.356 e. The van der Waals surface area contributed by atoms with Crippen LogP contribution in [0.15, 0.2) is 6.07 Å². The fourth-order valence-corrected chi connectivity index (χ4v) is 1.88. The Morgan fingerprint density at radius 3 is 3.24 bits per heavy atom. The van der Waals surface area contributed by atoms with Gasteiger partial charge in [-0.05, 0) is 31.5 Å². The largest absolute Gasteiger partial charge is 0.461 e. The summed E-state index contributed by atoms with van der Waals surface area (Å²) in [4.78, 5) is 15.8. The van der Waals surface area contributed by atoms with Gasteiger partial charge >= 0.3 is 5.97 Å². The molecule has 1 N–H and O–H groups in total. The quantitative estimate of drug-likeness (QED) is 0.761. The van der Waals surface area contributed by atoms with Gasteiger partial charge in [-0.15, -0.1) is 0 Å². The van der Waals surface area contributed by atoms with Crippen molar-refractivity contribution in [3.8, 4) is 6.07 Å². The molecule has 1 aliphatic rings. The molecule has 17 heavy (non-hydrogen) atoms. The van der Waals surface area contributed by atoms with Crippen molar-refractivity contribution in [2.45, 2.75) is 19.9 Å². The van der Waals surface area contributed by atoms with Gasteiger partial charge in [0, 0.05) is 6.54 Å². The molecule has 0 atom stereocenters. The van der Waals surface area contributed by atoms with E-state index in [0.29, 0.717) is 18.7 Å². The van der Waals surface area contributed by atoms with Crippen LogP contribution < -0.4 is 5.32 Å². The second-order valence-electron chi connectivity index (χ2n) is 3.74. The van der Waals surface area contributed by atoms with Gasteiger partial charge in [0.15, 0.2) is 0 Å². The van der Waals surface area contributed by atoms with Gasteiger partial charge < -0.3 is 10.1 Å². The average Bonchev–Trinajstić information content (AvgIpc) is 2.37. The van der Waals surface area contributed by atoms with Gasteiger partial charge in [-0.2, -0.15) is 5.26 Å². The molecule has 5 heteroatoms. The fourth-order valence-electron chi connectivity index (χ4n) is 1.88. The lowest BCUT2D eigenvalue weighted by molar-refractivity contribution is 0.0519. The minimum Gasteiger partial charge on any atom is -0.461 e. The number of rotatable bonds is 2. The minimum absolute atomic E-state index is 0.214. The number of hydrogen-bond donors (Lipinski definition) is 1. The summed E-state index contributed by atoms with van der Waals surface area (Å²) in [5, 5.41) is 12.2. The Bertz CT molecular complexity index is 491. The first-order valence-electron chi connectivity index (χ1n) is 5.57. The van der Waals surface area contributed by atoms with Crippen molar-refractivity contribution in [1.82, 2.24) is 10.3 Å². The number of nitrogens with zero attached hydrogens (tertiary/aromatic N) is 2. The van der Waals surface area contributed by atoms with Gasteiger partial charge in [0.2, 0.25) is 0 Å². The van der Waals surface area contributed by atoms with E-state index in [1.165, 1.54) is 6.07 Å². The third kappa shape index (κ3) is 2.27. The molecule has 0 saturated heterocycles. The molecular formula is C12H13N3O2. The molecule has 0 unspecified atom stereocenters. The predicted octanol–water partition coefficient (Wildman–Crippen LogP) is 0.776. The lowest BCUT2D eigenvalue weighted by Gasteiger charge is -2.17. The number of nitriles is 1. The molecule has 5 nitrogen and oxygen atoms in total. The van der Waals surface area contributed by atoms with E-state index in [1.54, 1.807) is 6.92 Å². The first-order chi connectivity index (χ1) is 8.26. The highest BCUT2D eigenvalue weighted by Crippen LogP contribution is 2.18. The number of fused-ring (bicyclic) bond motifs is 1. The fraction of sp³-hybridized carbons (Fsp3) is 0.417. The maximum atomic E-state index is 11.6. The van der Waals surface area contributed by atoms with Crippen molar-refractivity contribution < 1.29 is 9.53 Å². The molecule has 88 valence electrons. The highest BCUT2D eigenvalue weighted by atomic mass is 16.5. The van der Waals surface area contributed by atoms with E-state index in [0.717, 1.165) is 24.2 Å². The van der Waals surface area contributed by atoms with Crippen LogP contribution in [0.25, 0.3) is 0 Å². The maximum Gasteiger partial charge on any atom is 0.356 e. The summed E-state index contributed by atoms with van der Waals surface area (Å²) in [5.41, 5.74) is 2.46. The molecule has 0 fully saturated rings. The number of carbonyl (C=O) groups is 1. The Labute approximate surface area is 99.4 Å². The van der Waals surface area contributed by atoms with Gasteiger partial charge in [0.1, 0.15) is 5.69 Å². The van der Waals surface area contributed by atoms with Gasteiger partial charge in [-0.25, -0.2) is 9.78 Å². The molecule has 0 amide bonds. The molecule has 2 rings (SSSR count). The Morgan fingerprint density at radius 2 is 2.53 bits per heavy atom. The summed E-state index contributed by atoms with van der Waals surface area (Å²) in [6, 6.07) is 3.63. The van der Waals surface area contributed by atoms with Crippen LogP contribution in [-0.4, -0.2) is 24.1 Å². The average molecular weight is 231 g/mol. The molecule has 0 aliphatic carbocycles. The van der Waals surface area contributed by atoms with Crippen LogP contribution in [0.4, 0.5) is 0 Å². The number of pyridine rings is 1. The zero-order chi connectivity index (χ0) is 12.3. The maximum absolute atomic E-state index is 11.6. The first kappa shape index (κ1) is 11.6. The molecule has 1 aromatic heterocycles. The van der Waals surface area contributed by atoms with Crippen molar-refractivity contribution in [3.05, 3.63) is 28.6 Å². The summed E-state index contributed by atoms with van der Waals surface area (Å²) in [6.45, 7) is 3.47. The summed E-state index contributed by atoms with van der Waals surface area (Å²) in [7, 11) is 0. The third-order valence-electron chi connectivity index (χ3n) is 2.66. The van der Waals surface area contributed by atoms with E-state index in [9.17, 15) is 4.79 Å². The standard InChI is InChI=1S/C12H13N3O2/c1-2-17-12(16)10-5-8(6-13)9-3-4-14-7-11(9)15-10/h5,14H,2-4,7H2,1H3. The molecule has 1 aromatic rings. The van der Waals surface area contributed by atoms with Crippen LogP contribution in [0.3, 0.4) is 0 Å². The van der Waals surface area contributed by atoms with Crippen molar-refractivity contribution in [2.75, 3.05) is 13.2 Å². The third-order valence-corrected chi connectivity index (χ3v) is 2.66. The zero-order valence-electron chi connectivity index (χ0n) is 9.62. The van der Waals surface area contributed by atoms with Crippen molar-refractivity contribution in [2.24, 2.45) is 0 Å². The van der Waals surface area contributed by atoms with Crippen LogP contribution in [0.5, 0.6) is 0 Å². The monoisotopic (exact) mass is 231 g/mol. The van der Waals surface area contributed by atoms with Crippen LogP contribution in [-0.2, 0) is 17.7 Å². The number of carbonyl (C=O) groups excluding carboxylic acids is 1. The summed E-state index contributed by atoms with van der Waals surface area (Å²) >= 11 is 0. The Morgan fingerprint density at radius 1 is 1.71 bits per heavy atom. The van der Waals surface area contributed by atoms with Gasteiger partial charge in [0.25, 0.3) is 0 Å². The molecule has 0 saturated carbocycles. The van der Waals surface area contributed by atoms with E-state index >= 15 is 0 Å².